The number of methoxy groups -OCH3 is 1. The van der Waals surface area contributed by atoms with E-state index in [-0.39, 0.29) is 0 Å². The largest absolute Gasteiger partial charge is 0.385 e. The van der Waals surface area contributed by atoms with E-state index in [9.17, 15) is 0 Å². The molecule has 3 nitrogen and oxygen atoms in total. The number of ether oxygens (including phenoxy) is 2. The summed E-state index contributed by atoms with van der Waals surface area (Å²) in [4.78, 5) is 0. The smallest absolute Gasteiger partial charge is 0.0509 e. The SMILES string of the molecule is CCCNC1CCOCC1CCCOC. The van der Waals surface area contributed by atoms with Crippen LogP contribution in [-0.4, -0.2) is 39.5 Å². The van der Waals surface area contributed by atoms with Gasteiger partial charge in [-0.3, -0.25) is 0 Å². The molecule has 0 aliphatic carbocycles. The van der Waals surface area contributed by atoms with Gasteiger partial charge in [0.05, 0.1) is 6.61 Å². The molecule has 0 bridgehead atoms. The van der Waals surface area contributed by atoms with E-state index in [0.717, 1.165) is 39.2 Å². The average Bonchev–Trinajstić information content (AvgIpc) is 2.28. The van der Waals surface area contributed by atoms with Crippen molar-refractivity contribution in [2.45, 2.75) is 38.6 Å². The Morgan fingerprint density at radius 1 is 1.47 bits per heavy atom. The van der Waals surface area contributed by atoms with Crippen molar-refractivity contribution in [3.8, 4) is 0 Å². The fourth-order valence-electron chi connectivity index (χ4n) is 2.17. The highest BCUT2D eigenvalue weighted by atomic mass is 16.5. The van der Waals surface area contributed by atoms with Crippen LogP contribution in [0, 0.1) is 5.92 Å². The molecule has 1 aliphatic heterocycles. The van der Waals surface area contributed by atoms with Crippen molar-refractivity contribution in [3.63, 3.8) is 0 Å². The quantitative estimate of drug-likeness (QED) is 0.657. The Kier molecular flexibility index (Phi) is 6.98. The van der Waals surface area contributed by atoms with E-state index in [1.165, 1.54) is 12.8 Å². The summed E-state index contributed by atoms with van der Waals surface area (Å²) in [6.45, 7) is 6.06. The maximum absolute atomic E-state index is 5.54. The highest BCUT2D eigenvalue weighted by Gasteiger charge is 2.24. The van der Waals surface area contributed by atoms with E-state index in [2.05, 4.69) is 12.2 Å². The molecule has 1 rings (SSSR count). The first-order valence-corrected chi connectivity index (χ1v) is 6.18. The van der Waals surface area contributed by atoms with Gasteiger partial charge in [-0.2, -0.15) is 0 Å². The Labute approximate surface area is 93.5 Å². The second-order valence-electron chi connectivity index (χ2n) is 4.32. The highest BCUT2D eigenvalue weighted by molar-refractivity contribution is 4.79. The molecule has 0 aromatic carbocycles. The molecule has 0 aromatic rings. The maximum atomic E-state index is 5.54. The Morgan fingerprint density at radius 2 is 2.33 bits per heavy atom. The van der Waals surface area contributed by atoms with Gasteiger partial charge in [0, 0.05) is 26.4 Å². The lowest BCUT2D eigenvalue weighted by Gasteiger charge is -2.32. The first-order valence-electron chi connectivity index (χ1n) is 6.18. The first-order chi connectivity index (χ1) is 7.38. The summed E-state index contributed by atoms with van der Waals surface area (Å²) in [5, 5.41) is 3.63. The Hall–Kier alpha value is -0.120. The zero-order valence-electron chi connectivity index (χ0n) is 10.1. The van der Waals surface area contributed by atoms with Gasteiger partial charge < -0.3 is 14.8 Å². The Bertz CT molecular complexity index is 153. The molecule has 15 heavy (non-hydrogen) atoms. The molecule has 0 saturated carbocycles. The van der Waals surface area contributed by atoms with Crippen LogP contribution in [0.2, 0.25) is 0 Å². The maximum Gasteiger partial charge on any atom is 0.0509 e. The van der Waals surface area contributed by atoms with Gasteiger partial charge in [0.1, 0.15) is 0 Å². The van der Waals surface area contributed by atoms with Gasteiger partial charge in [-0.15, -0.1) is 0 Å². The molecular weight excluding hydrogens is 190 g/mol. The van der Waals surface area contributed by atoms with Crippen molar-refractivity contribution < 1.29 is 9.47 Å². The van der Waals surface area contributed by atoms with Gasteiger partial charge in [-0.25, -0.2) is 0 Å². The van der Waals surface area contributed by atoms with Crippen molar-refractivity contribution >= 4 is 0 Å². The fraction of sp³-hybridized carbons (Fsp3) is 1.00. The van der Waals surface area contributed by atoms with Crippen LogP contribution in [0.3, 0.4) is 0 Å². The number of rotatable bonds is 7. The van der Waals surface area contributed by atoms with E-state index in [4.69, 9.17) is 9.47 Å². The lowest BCUT2D eigenvalue weighted by molar-refractivity contribution is 0.0254. The lowest BCUT2D eigenvalue weighted by Crippen LogP contribution is -2.43. The summed E-state index contributed by atoms with van der Waals surface area (Å²) in [5.41, 5.74) is 0. The van der Waals surface area contributed by atoms with Crippen LogP contribution >= 0.6 is 0 Å². The van der Waals surface area contributed by atoms with Crippen LogP contribution in [0.4, 0.5) is 0 Å². The van der Waals surface area contributed by atoms with E-state index < -0.39 is 0 Å². The Morgan fingerprint density at radius 3 is 3.07 bits per heavy atom. The first kappa shape index (κ1) is 12.9. The molecule has 2 unspecified atom stereocenters. The third kappa shape index (κ3) is 4.96. The van der Waals surface area contributed by atoms with Gasteiger partial charge in [0.25, 0.3) is 0 Å². The number of hydrogen-bond acceptors (Lipinski definition) is 3. The van der Waals surface area contributed by atoms with E-state index in [1.807, 2.05) is 0 Å². The summed E-state index contributed by atoms with van der Waals surface area (Å²) >= 11 is 0. The van der Waals surface area contributed by atoms with Crippen molar-refractivity contribution in [2.75, 3.05) is 33.5 Å². The summed E-state index contributed by atoms with van der Waals surface area (Å²) in [6, 6.07) is 0.663. The average molecular weight is 215 g/mol. The molecule has 0 spiro atoms. The van der Waals surface area contributed by atoms with E-state index >= 15 is 0 Å². The molecule has 90 valence electrons. The summed E-state index contributed by atoms with van der Waals surface area (Å²) in [6.07, 6.45) is 4.74. The van der Waals surface area contributed by atoms with E-state index in [1.54, 1.807) is 7.11 Å². The molecule has 1 N–H and O–H groups in total. The molecule has 0 aromatic heterocycles. The van der Waals surface area contributed by atoms with E-state index in [0.29, 0.717) is 12.0 Å². The number of nitrogens with one attached hydrogen (secondary N) is 1. The minimum Gasteiger partial charge on any atom is -0.385 e. The van der Waals surface area contributed by atoms with Crippen molar-refractivity contribution in [3.05, 3.63) is 0 Å². The summed E-state index contributed by atoms with van der Waals surface area (Å²) in [7, 11) is 1.77. The second kappa shape index (κ2) is 8.08. The highest BCUT2D eigenvalue weighted by Crippen LogP contribution is 2.19. The molecule has 1 fully saturated rings. The van der Waals surface area contributed by atoms with Crippen LogP contribution in [0.5, 0.6) is 0 Å². The predicted molar refractivity (Wildman–Crippen MR) is 62.1 cm³/mol. The minimum absolute atomic E-state index is 0.663. The second-order valence-corrected chi connectivity index (χ2v) is 4.32. The molecular formula is C12H25NO2. The standard InChI is InChI=1S/C12H25NO2/c1-3-7-13-12-6-9-15-10-11(12)5-4-8-14-2/h11-13H,3-10H2,1-2H3. The predicted octanol–water partition coefficient (Wildman–Crippen LogP) is 1.82. The zero-order valence-corrected chi connectivity index (χ0v) is 10.1. The topological polar surface area (TPSA) is 30.5 Å². The van der Waals surface area contributed by atoms with Crippen LogP contribution in [-0.2, 0) is 9.47 Å². The fourth-order valence-corrected chi connectivity index (χ4v) is 2.17. The van der Waals surface area contributed by atoms with Crippen molar-refractivity contribution in [1.82, 2.24) is 5.32 Å². The molecule has 0 amide bonds. The third-order valence-electron chi connectivity index (χ3n) is 3.05. The zero-order chi connectivity index (χ0) is 10.9. The Balaban J connectivity index is 2.22. The minimum atomic E-state index is 0.663. The molecule has 0 radical (unpaired) electrons. The van der Waals surface area contributed by atoms with Gasteiger partial charge in [-0.1, -0.05) is 6.92 Å². The van der Waals surface area contributed by atoms with Crippen LogP contribution < -0.4 is 5.32 Å². The van der Waals surface area contributed by atoms with Crippen molar-refractivity contribution in [2.24, 2.45) is 5.92 Å². The van der Waals surface area contributed by atoms with Crippen molar-refractivity contribution in [1.29, 1.82) is 0 Å². The van der Waals surface area contributed by atoms with Crippen LogP contribution in [0.25, 0.3) is 0 Å². The molecule has 3 heteroatoms. The number of hydrogen-bond donors (Lipinski definition) is 1. The lowest BCUT2D eigenvalue weighted by atomic mass is 9.91. The summed E-state index contributed by atoms with van der Waals surface area (Å²) < 4.78 is 10.6. The van der Waals surface area contributed by atoms with Gasteiger partial charge in [-0.05, 0) is 38.1 Å². The summed E-state index contributed by atoms with van der Waals surface area (Å²) in [5.74, 6) is 0.681. The van der Waals surface area contributed by atoms with Gasteiger partial charge in [0.2, 0.25) is 0 Å². The third-order valence-corrected chi connectivity index (χ3v) is 3.05. The monoisotopic (exact) mass is 215 g/mol. The normalized spacial score (nSPS) is 26.8. The van der Waals surface area contributed by atoms with Gasteiger partial charge >= 0.3 is 0 Å². The van der Waals surface area contributed by atoms with Gasteiger partial charge in [0.15, 0.2) is 0 Å². The molecule has 1 saturated heterocycles. The molecule has 1 aliphatic rings. The van der Waals surface area contributed by atoms with Crippen LogP contribution in [0.1, 0.15) is 32.6 Å². The molecule has 1 heterocycles. The molecule has 2 atom stereocenters. The van der Waals surface area contributed by atoms with Crippen LogP contribution in [0.15, 0.2) is 0 Å².